The van der Waals surface area contributed by atoms with Crippen LogP contribution in [0.1, 0.15) is 42.8 Å². The SMILES string of the molecule is CCCCNC(=O)COC(=O)c1oc2ccc(OCC)cc2c1C. The van der Waals surface area contributed by atoms with Gasteiger partial charge in [0.15, 0.2) is 6.61 Å². The number of carbonyl (C=O) groups excluding carboxylic acids is 2. The smallest absolute Gasteiger partial charge is 0.375 e. The van der Waals surface area contributed by atoms with Gasteiger partial charge in [-0.3, -0.25) is 4.79 Å². The van der Waals surface area contributed by atoms with Gasteiger partial charge in [0, 0.05) is 17.5 Å². The zero-order chi connectivity index (χ0) is 17.5. The highest BCUT2D eigenvalue weighted by atomic mass is 16.5. The van der Waals surface area contributed by atoms with E-state index in [0.29, 0.717) is 30.0 Å². The number of amides is 1. The lowest BCUT2D eigenvalue weighted by Crippen LogP contribution is -2.29. The third kappa shape index (κ3) is 4.28. The minimum atomic E-state index is -0.646. The van der Waals surface area contributed by atoms with Crippen LogP contribution in [0.15, 0.2) is 22.6 Å². The van der Waals surface area contributed by atoms with Crippen molar-refractivity contribution in [2.75, 3.05) is 19.8 Å². The first kappa shape index (κ1) is 17.8. The number of rotatable bonds is 8. The Bertz CT molecular complexity index is 720. The summed E-state index contributed by atoms with van der Waals surface area (Å²) in [6, 6.07) is 5.36. The molecule has 0 fully saturated rings. The summed E-state index contributed by atoms with van der Waals surface area (Å²) in [7, 11) is 0. The van der Waals surface area contributed by atoms with E-state index in [-0.39, 0.29) is 18.3 Å². The van der Waals surface area contributed by atoms with Gasteiger partial charge >= 0.3 is 5.97 Å². The van der Waals surface area contributed by atoms with Gasteiger partial charge < -0.3 is 19.2 Å². The van der Waals surface area contributed by atoms with Crippen molar-refractivity contribution in [2.24, 2.45) is 0 Å². The third-order valence-corrected chi connectivity index (χ3v) is 3.59. The van der Waals surface area contributed by atoms with Gasteiger partial charge in [-0.2, -0.15) is 0 Å². The number of carbonyl (C=O) groups is 2. The number of furan rings is 1. The molecule has 0 atom stereocenters. The maximum Gasteiger partial charge on any atom is 0.375 e. The quantitative estimate of drug-likeness (QED) is 0.593. The van der Waals surface area contributed by atoms with Crippen molar-refractivity contribution in [3.05, 3.63) is 29.5 Å². The molecule has 24 heavy (non-hydrogen) atoms. The fourth-order valence-electron chi connectivity index (χ4n) is 2.30. The van der Waals surface area contributed by atoms with Gasteiger partial charge in [-0.05, 0) is 38.5 Å². The molecule has 1 amide bonds. The number of esters is 1. The summed E-state index contributed by atoms with van der Waals surface area (Å²) < 4.78 is 16.0. The normalized spacial score (nSPS) is 10.6. The van der Waals surface area contributed by atoms with Crippen LogP contribution in [0.2, 0.25) is 0 Å². The van der Waals surface area contributed by atoms with E-state index < -0.39 is 5.97 Å². The monoisotopic (exact) mass is 333 g/mol. The van der Waals surface area contributed by atoms with Crippen molar-refractivity contribution in [3.8, 4) is 5.75 Å². The van der Waals surface area contributed by atoms with Gasteiger partial charge in [-0.25, -0.2) is 4.79 Å². The molecule has 2 rings (SSSR count). The molecule has 0 saturated carbocycles. The number of hydrogen-bond donors (Lipinski definition) is 1. The van der Waals surface area contributed by atoms with E-state index in [1.54, 1.807) is 19.1 Å². The molecule has 1 heterocycles. The maximum absolute atomic E-state index is 12.2. The topological polar surface area (TPSA) is 77.8 Å². The number of benzene rings is 1. The van der Waals surface area contributed by atoms with Crippen molar-refractivity contribution in [3.63, 3.8) is 0 Å². The second-order valence-corrected chi connectivity index (χ2v) is 5.43. The zero-order valence-corrected chi connectivity index (χ0v) is 14.3. The second-order valence-electron chi connectivity index (χ2n) is 5.43. The molecule has 0 unspecified atom stereocenters. The van der Waals surface area contributed by atoms with E-state index in [9.17, 15) is 9.59 Å². The Morgan fingerprint density at radius 3 is 2.75 bits per heavy atom. The van der Waals surface area contributed by atoms with Crippen LogP contribution in [0, 0.1) is 6.92 Å². The molecule has 0 bridgehead atoms. The molecule has 0 saturated heterocycles. The molecule has 6 heteroatoms. The van der Waals surface area contributed by atoms with Gasteiger partial charge in [0.25, 0.3) is 5.91 Å². The summed E-state index contributed by atoms with van der Waals surface area (Å²) in [5.41, 5.74) is 1.25. The Morgan fingerprint density at radius 1 is 1.25 bits per heavy atom. The van der Waals surface area contributed by atoms with E-state index in [0.717, 1.165) is 18.2 Å². The molecular weight excluding hydrogens is 310 g/mol. The highest BCUT2D eigenvalue weighted by Gasteiger charge is 2.20. The molecule has 0 aliphatic heterocycles. The first-order chi connectivity index (χ1) is 11.6. The van der Waals surface area contributed by atoms with Gasteiger partial charge in [0.1, 0.15) is 11.3 Å². The van der Waals surface area contributed by atoms with Crippen LogP contribution >= 0.6 is 0 Å². The Morgan fingerprint density at radius 2 is 2.04 bits per heavy atom. The fourth-order valence-corrected chi connectivity index (χ4v) is 2.30. The van der Waals surface area contributed by atoms with Crippen LogP contribution in [-0.2, 0) is 9.53 Å². The van der Waals surface area contributed by atoms with Gasteiger partial charge in [0.2, 0.25) is 5.76 Å². The highest BCUT2D eigenvalue weighted by Crippen LogP contribution is 2.29. The maximum atomic E-state index is 12.2. The lowest BCUT2D eigenvalue weighted by molar-refractivity contribution is -0.124. The Hall–Kier alpha value is -2.50. The summed E-state index contributed by atoms with van der Waals surface area (Å²) in [5.74, 6) is -0.138. The molecule has 1 aromatic heterocycles. The van der Waals surface area contributed by atoms with E-state index in [4.69, 9.17) is 13.9 Å². The first-order valence-corrected chi connectivity index (χ1v) is 8.16. The standard InChI is InChI=1S/C18H23NO5/c1-4-6-9-19-16(20)11-23-18(21)17-12(3)14-10-13(22-5-2)7-8-15(14)24-17/h7-8,10H,4-6,9,11H2,1-3H3,(H,19,20). The lowest BCUT2D eigenvalue weighted by Gasteiger charge is -2.05. The predicted molar refractivity (Wildman–Crippen MR) is 90.3 cm³/mol. The van der Waals surface area contributed by atoms with Gasteiger partial charge in [0.05, 0.1) is 6.61 Å². The van der Waals surface area contributed by atoms with Crippen LogP contribution in [-0.4, -0.2) is 31.6 Å². The first-order valence-electron chi connectivity index (χ1n) is 8.16. The van der Waals surface area contributed by atoms with E-state index in [2.05, 4.69) is 5.32 Å². The van der Waals surface area contributed by atoms with Crippen molar-refractivity contribution in [1.82, 2.24) is 5.32 Å². The van der Waals surface area contributed by atoms with Gasteiger partial charge in [-0.15, -0.1) is 0 Å². The van der Waals surface area contributed by atoms with Crippen LogP contribution in [0.5, 0.6) is 5.75 Å². The molecule has 0 aliphatic carbocycles. The molecule has 0 radical (unpaired) electrons. The van der Waals surface area contributed by atoms with E-state index >= 15 is 0 Å². The number of hydrogen-bond acceptors (Lipinski definition) is 5. The Kier molecular flexibility index (Phi) is 6.23. The average molecular weight is 333 g/mol. The van der Waals surface area contributed by atoms with Crippen molar-refractivity contribution in [1.29, 1.82) is 0 Å². The summed E-state index contributed by atoms with van der Waals surface area (Å²) in [6.45, 7) is 6.54. The zero-order valence-electron chi connectivity index (χ0n) is 14.3. The molecule has 2 aromatic rings. The minimum Gasteiger partial charge on any atom is -0.494 e. The molecule has 0 aliphatic rings. The third-order valence-electron chi connectivity index (χ3n) is 3.59. The van der Waals surface area contributed by atoms with Crippen molar-refractivity contribution >= 4 is 22.8 Å². The molecule has 6 nitrogen and oxygen atoms in total. The molecule has 0 spiro atoms. The van der Waals surface area contributed by atoms with Crippen LogP contribution in [0.3, 0.4) is 0 Å². The number of ether oxygens (including phenoxy) is 2. The van der Waals surface area contributed by atoms with E-state index in [1.807, 2.05) is 19.9 Å². The molecule has 130 valence electrons. The number of aryl methyl sites for hydroxylation is 1. The fraction of sp³-hybridized carbons (Fsp3) is 0.444. The summed E-state index contributed by atoms with van der Waals surface area (Å²) >= 11 is 0. The molecule has 1 aromatic carbocycles. The Balaban J connectivity index is 2.04. The lowest BCUT2D eigenvalue weighted by atomic mass is 10.1. The van der Waals surface area contributed by atoms with Crippen molar-refractivity contribution in [2.45, 2.75) is 33.6 Å². The summed E-state index contributed by atoms with van der Waals surface area (Å²) in [6.07, 6.45) is 1.88. The van der Waals surface area contributed by atoms with Gasteiger partial charge in [-0.1, -0.05) is 13.3 Å². The number of nitrogens with one attached hydrogen (secondary N) is 1. The van der Waals surface area contributed by atoms with Crippen LogP contribution in [0.25, 0.3) is 11.0 Å². The van der Waals surface area contributed by atoms with Crippen molar-refractivity contribution < 1.29 is 23.5 Å². The average Bonchev–Trinajstić information content (AvgIpc) is 2.90. The summed E-state index contributed by atoms with van der Waals surface area (Å²) in [4.78, 5) is 23.7. The Labute approximate surface area is 141 Å². The molecular formula is C18H23NO5. The van der Waals surface area contributed by atoms with E-state index in [1.165, 1.54) is 0 Å². The number of unbranched alkanes of at least 4 members (excludes halogenated alkanes) is 1. The van der Waals surface area contributed by atoms with Crippen LogP contribution < -0.4 is 10.1 Å². The molecule has 1 N–H and O–H groups in total. The second kappa shape index (κ2) is 8.38. The largest absolute Gasteiger partial charge is 0.494 e. The van der Waals surface area contributed by atoms with Crippen LogP contribution in [0.4, 0.5) is 0 Å². The predicted octanol–water partition coefficient (Wildman–Crippen LogP) is 3.21. The number of fused-ring (bicyclic) bond motifs is 1. The minimum absolute atomic E-state index is 0.111. The summed E-state index contributed by atoms with van der Waals surface area (Å²) in [5, 5.41) is 3.48. The highest BCUT2D eigenvalue weighted by molar-refractivity contribution is 5.97.